The van der Waals surface area contributed by atoms with Gasteiger partial charge in [0.25, 0.3) is 0 Å². The molecule has 0 N–H and O–H groups in total. The van der Waals surface area contributed by atoms with Crippen LogP contribution in [0.1, 0.15) is 25.0 Å². The largest absolute Gasteiger partial charge is 0.310 e. The van der Waals surface area contributed by atoms with Gasteiger partial charge in [-0.1, -0.05) is 68.4 Å². The van der Waals surface area contributed by atoms with Crippen LogP contribution in [0.25, 0.3) is 28.2 Å². The molecule has 4 heteroatoms. The van der Waals surface area contributed by atoms with Gasteiger partial charge >= 0.3 is 0 Å². The summed E-state index contributed by atoms with van der Waals surface area (Å²) in [5.41, 5.74) is 9.98. The minimum atomic E-state index is -0.0723. The molecule has 0 atom stereocenters. The van der Waals surface area contributed by atoms with Crippen LogP contribution in [0, 0.1) is 0 Å². The third kappa shape index (κ3) is 3.30. The molecule has 0 spiro atoms. The molecule has 4 aromatic carbocycles. The normalized spacial score (nSPS) is 13.8. The lowest BCUT2D eigenvalue weighted by atomic mass is 9.73. The number of imidazole rings is 1. The first-order valence-corrected chi connectivity index (χ1v) is 12.6. The Balaban J connectivity index is 1.38. The van der Waals surface area contributed by atoms with E-state index in [9.17, 15) is 0 Å². The van der Waals surface area contributed by atoms with Crippen LogP contribution in [0.3, 0.4) is 0 Å². The van der Waals surface area contributed by atoms with Crippen LogP contribution in [0.2, 0.25) is 0 Å². The summed E-state index contributed by atoms with van der Waals surface area (Å²) in [5, 5.41) is 0. The maximum absolute atomic E-state index is 4.98. The molecule has 0 aliphatic carbocycles. The van der Waals surface area contributed by atoms with Gasteiger partial charge in [0.1, 0.15) is 11.3 Å². The lowest BCUT2D eigenvalue weighted by Crippen LogP contribution is -2.30. The third-order valence-electron chi connectivity index (χ3n) is 7.45. The topological polar surface area (TPSA) is 34.0 Å². The van der Waals surface area contributed by atoms with E-state index in [1.54, 1.807) is 0 Å². The van der Waals surface area contributed by atoms with Gasteiger partial charge in [0, 0.05) is 28.6 Å². The summed E-state index contributed by atoms with van der Waals surface area (Å²) in [6.45, 7) is 4.63. The minimum Gasteiger partial charge on any atom is -0.310 e. The predicted octanol–water partition coefficient (Wildman–Crippen LogP) is 8.20. The number of anilines is 3. The van der Waals surface area contributed by atoms with Crippen LogP contribution in [0.5, 0.6) is 0 Å². The van der Waals surface area contributed by atoms with Crippen molar-refractivity contribution >= 4 is 28.2 Å². The Kier molecular flexibility index (Phi) is 4.76. The van der Waals surface area contributed by atoms with Crippen molar-refractivity contribution in [2.24, 2.45) is 0 Å². The molecule has 0 unspecified atom stereocenters. The van der Waals surface area contributed by atoms with E-state index in [0.29, 0.717) is 0 Å². The second-order valence-corrected chi connectivity index (χ2v) is 9.99. The average Bonchev–Trinajstić information content (AvgIpc) is 3.34. The standard InChI is InChI=1S/C33H26N4/c1-33(2)26-13-6-8-16-29(26)36(30-17-9-7-14-27(30)33)25-20-18-23(19-21-25)31-35-28-15-10-22-34-32(28)37(31)24-11-4-3-5-12-24/h3-22H,1-2H3. The van der Waals surface area contributed by atoms with Crippen LogP contribution < -0.4 is 4.90 Å². The molecule has 1 aliphatic heterocycles. The van der Waals surface area contributed by atoms with E-state index in [1.165, 1.54) is 22.5 Å². The number of aromatic nitrogens is 3. The molecule has 0 amide bonds. The van der Waals surface area contributed by atoms with Crippen LogP contribution in [-0.4, -0.2) is 14.5 Å². The van der Waals surface area contributed by atoms with Gasteiger partial charge in [-0.2, -0.15) is 0 Å². The molecule has 0 fully saturated rings. The minimum absolute atomic E-state index is 0.0723. The molecule has 0 bridgehead atoms. The summed E-state index contributed by atoms with van der Waals surface area (Å²) in [5.74, 6) is 0.882. The van der Waals surface area contributed by atoms with Crippen molar-refractivity contribution in [2.75, 3.05) is 4.90 Å². The summed E-state index contributed by atoms with van der Waals surface area (Å²) < 4.78 is 2.14. The Hall–Kier alpha value is -4.70. The van der Waals surface area contributed by atoms with Gasteiger partial charge in [0.2, 0.25) is 0 Å². The van der Waals surface area contributed by atoms with Gasteiger partial charge in [-0.15, -0.1) is 0 Å². The number of benzene rings is 4. The van der Waals surface area contributed by atoms with Gasteiger partial charge < -0.3 is 4.90 Å². The SMILES string of the molecule is CC1(C)c2ccccc2N(c2ccc(-c3nc4cccnc4n3-c3ccccc3)cc2)c2ccccc21. The first-order valence-electron chi connectivity index (χ1n) is 12.6. The van der Waals surface area contributed by atoms with E-state index in [-0.39, 0.29) is 5.41 Å². The molecule has 0 radical (unpaired) electrons. The van der Waals surface area contributed by atoms with Gasteiger partial charge in [-0.3, -0.25) is 4.57 Å². The number of para-hydroxylation sites is 3. The van der Waals surface area contributed by atoms with E-state index < -0.39 is 0 Å². The molecule has 3 heterocycles. The highest BCUT2D eigenvalue weighted by Crippen LogP contribution is 2.51. The first kappa shape index (κ1) is 21.6. The maximum atomic E-state index is 4.98. The monoisotopic (exact) mass is 478 g/mol. The van der Waals surface area contributed by atoms with Crippen LogP contribution in [0.15, 0.2) is 121 Å². The fraction of sp³-hybridized carbons (Fsp3) is 0.0909. The van der Waals surface area contributed by atoms with E-state index in [4.69, 9.17) is 4.98 Å². The highest BCUT2D eigenvalue weighted by Gasteiger charge is 2.36. The number of fused-ring (bicyclic) bond motifs is 3. The first-order chi connectivity index (χ1) is 18.1. The number of nitrogens with zero attached hydrogens (tertiary/aromatic N) is 4. The summed E-state index contributed by atoms with van der Waals surface area (Å²) in [6, 6.07) is 40.5. The summed E-state index contributed by atoms with van der Waals surface area (Å²) in [7, 11) is 0. The summed E-state index contributed by atoms with van der Waals surface area (Å²) in [4.78, 5) is 12.0. The van der Waals surface area contributed by atoms with Gasteiger partial charge in [-0.25, -0.2) is 9.97 Å². The van der Waals surface area contributed by atoms with Crippen molar-refractivity contribution in [2.45, 2.75) is 19.3 Å². The van der Waals surface area contributed by atoms with Crippen molar-refractivity contribution in [3.8, 4) is 17.1 Å². The molecule has 4 nitrogen and oxygen atoms in total. The fourth-order valence-corrected chi connectivity index (χ4v) is 5.63. The zero-order valence-corrected chi connectivity index (χ0v) is 20.8. The second-order valence-electron chi connectivity index (χ2n) is 9.99. The van der Waals surface area contributed by atoms with Crippen molar-refractivity contribution in [3.05, 3.63) is 133 Å². The molecular weight excluding hydrogens is 452 g/mol. The van der Waals surface area contributed by atoms with Crippen molar-refractivity contribution in [1.29, 1.82) is 0 Å². The molecule has 1 aliphatic rings. The molecule has 178 valence electrons. The molecule has 2 aromatic heterocycles. The Morgan fingerprint density at radius 2 is 1.22 bits per heavy atom. The smallest absolute Gasteiger partial charge is 0.164 e. The zero-order chi connectivity index (χ0) is 25.0. The Morgan fingerprint density at radius 1 is 0.595 bits per heavy atom. The van der Waals surface area contributed by atoms with Gasteiger partial charge in [0.05, 0.1) is 11.4 Å². The molecular formula is C33H26N4. The lowest BCUT2D eigenvalue weighted by molar-refractivity contribution is 0.632. The van der Waals surface area contributed by atoms with E-state index >= 15 is 0 Å². The van der Waals surface area contributed by atoms with Crippen molar-refractivity contribution < 1.29 is 0 Å². The molecule has 0 saturated heterocycles. The highest BCUT2D eigenvalue weighted by molar-refractivity contribution is 5.87. The van der Waals surface area contributed by atoms with Crippen molar-refractivity contribution in [3.63, 3.8) is 0 Å². The summed E-state index contributed by atoms with van der Waals surface area (Å²) in [6.07, 6.45) is 1.82. The number of pyridine rings is 1. The predicted molar refractivity (Wildman–Crippen MR) is 151 cm³/mol. The Morgan fingerprint density at radius 3 is 1.89 bits per heavy atom. The Labute approximate surface area is 216 Å². The fourth-order valence-electron chi connectivity index (χ4n) is 5.63. The van der Waals surface area contributed by atoms with Gasteiger partial charge in [0.15, 0.2) is 5.65 Å². The van der Waals surface area contributed by atoms with Crippen LogP contribution in [0.4, 0.5) is 17.1 Å². The number of rotatable bonds is 3. The lowest BCUT2D eigenvalue weighted by Gasteiger charge is -2.42. The number of hydrogen-bond donors (Lipinski definition) is 0. The molecule has 6 aromatic rings. The average molecular weight is 479 g/mol. The Bertz CT molecular complexity index is 1700. The number of hydrogen-bond acceptors (Lipinski definition) is 3. The summed E-state index contributed by atoms with van der Waals surface area (Å²) >= 11 is 0. The van der Waals surface area contributed by atoms with E-state index in [2.05, 4.69) is 113 Å². The van der Waals surface area contributed by atoms with Crippen molar-refractivity contribution in [1.82, 2.24) is 14.5 Å². The quantitative estimate of drug-likeness (QED) is 0.257. The van der Waals surface area contributed by atoms with Crippen LogP contribution >= 0.6 is 0 Å². The highest BCUT2D eigenvalue weighted by atomic mass is 15.2. The molecule has 7 rings (SSSR count). The van der Waals surface area contributed by atoms with E-state index in [0.717, 1.165) is 33.9 Å². The molecule has 0 saturated carbocycles. The van der Waals surface area contributed by atoms with E-state index in [1.807, 2.05) is 36.5 Å². The zero-order valence-electron chi connectivity index (χ0n) is 20.8. The van der Waals surface area contributed by atoms with Gasteiger partial charge in [-0.05, 0) is 71.8 Å². The van der Waals surface area contributed by atoms with Crippen LogP contribution in [-0.2, 0) is 5.41 Å². The molecule has 37 heavy (non-hydrogen) atoms. The maximum Gasteiger partial charge on any atom is 0.164 e. The third-order valence-corrected chi connectivity index (χ3v) is 7.45. The second kappa shape index (κ2) is 8.17.